The Morgan fingerprint density at radius 3 is 2.54 bits per heavy atom. The van der Waals surface area contributed by atoms with Crippen molar-refractivity contribution in [1.82, 2.24) is 0 Å². The molecule has 0 saturated carbocycles. The second-order valence-electron chi connectivity index (χ2n) is 5.77. The van der Waals surface area contributed by atoms with E-state index >= 15 is 0 Å². The van der Waals surface area contributed by atoms with E-state index in [-0.39, 0.29) is 12.5 Å². The predicted octanol–water partition coefficient (Wildman–Crippen LogP) is 3.31. The molecule has 1 amide bonds. The largest absolute Gasteiger partial charge is 0.497 e. The first-order valence-electron chi connectivity index (χ1n) is 8.34. The molecular formula is C19H21BrN2O4. The Morgan fingerprint density at radius 2 is 1.85 bits per heavy atom. The quantitative estimate of drug-likeness (QED) is 0.776. The Hall–Kier alpha value is -2.25. The van der Waals surface area contributed by atoms with Crippen molar-refractivity contribution >= 4 is 33.2 Å². The van der Waals surface area contributed by atoms with Crippen LogP contribution in [0.3, 0.4) is 0 Å². The average Bonchev–Trinajstić information content (AvgIpc) is 2.68. The lowest BCUT2D eigenvalue weighted by Crippen LogP contribution is -2.37. The summed E-state index contributed by atoms with van der Waals surface area (Å²) in [7, 11) is 1.60. The molecule has 26 heavy (non-hydrogen) atoms. The van der Waals surface area contributed by atoms with Gasteiger partial charge >= 0.3 is 0 Å². The number of hydrogen-bond donors (Lipinski definition) is 1. The zero-order chi connectivity index (χ0) is 18.4. The lowest BCUT2D eigenvalue weighted by Gasteiger charge is -2.30. The zero-order valence-electron chi connectivity index (χ0n) is 14.5. The van der Waals surface area contributed by atoms with Gasteiger partial charge in [-0.25, -0.2) is 0 Å². The van der Waals surface area contributed by atoms with Gasteiger partial charge in [-0.3, -0.25) is 4.79 Å². The summed E-state index contributed by atoms with van der Waals surface area (Å²) in [6, 6.07) is 13.0. The molecule has 1 fully saturated rings. The van der Waals surface area contributed by atoms with Crippen molar-refractivity contribution < 1.29 is 19.0 Å². The molecule has 0 unspecified atom stereocenters. The maximum absolute atomic E-state index is 12.4. The van der Waals surface area contributed by atoms with Gasteiger partial charge in [-0.15, -0.1) is 0 Å². The van der Waals surface area contributed by atoms with Crippen LogP contribution in [0.15, 0.2) is 46.9 Å². The Labute approximate surface area is 161 Å². The van der Waals surface area contributed by atoms with E-state index in [4.69, 9.17) is 14.2 Å². The van der Waals surface area contributed by atoms with Gasteiger partial charge in [-0.2, -0.15) is 0 Å². The van der Waals surface area contributed by atoms with Crippen molar-refractivity contribution in [2.24, 2.45) is 0 Å². The molecule has 1 aliphatic heterocycles. The van der Waals surface area contributed by atoms with E-state index in [1.807, 2.05) is 42.5 Å². The minimum Gasteiger partial charge on any atom is -0.497 e. The molecule has 138 valence electrons. The fourth-order valence-electron chi connectivity index (χ4n) is 2.69. The van der Waals surface area contributed by atoms with Gasteiger partial charge < -0.3 is 24.4 Å². The van der Waals surface area contributed by atoms with Gasteiger partial charge in [-0.1, -0.05) is 15.9 Å². The number of ether oxygens (including phenoxy) is 3. The molecule has 1 saturated heterocycles. The number of anilines is 2. The van der Waals surface area contributed by atoms with E-state index in [2.05, 4.69) is 26.1 Å². The first-order valence-corrected chi connectivity index (χ1v) is 9.14. The van der Waals surface area contributed by atoms with Crippen LogP contribution < -0.4 is 19.7 Å². The molecule has 2 aromatic carbocycles. The minimum atomic E-state index is -0.226. The van der Waals surface area contributed by atoms with Crippen LogP contribution in [0.4, 0.5) is 11.4 Å². The van der Waals surface area contributed by atoms with Crippen molar-refractivity contribution in [2.75, 3.05) is 50.2 Å². The van der Waals surface area contributed by atoms with E-state index in [9.17, 15) is 4.79 Å². The van der Waals surface area contributed by atoms with Gasteiger partial charge in [0.15, 0.2) is 6.61 Å². The SMILES string of the molecule is COc1ccc(N2CCOCC2)c(NC(=O)COc2ccc(Br)cc2)c1. The molecule has 2 aromatic rings. The molecule has 0 radical (unpaired) electrons. The van der Waals surface area contributed by atoms with Crippen LogP contribution >= 0.6 is 15.9 Å². The van der Waals surface area contributed by atoms with Crippen LogP contribution in [0, 0.1) is 0 Å². The lowest BCUT2D eigenvalue weighted by atomic mass is 10.2. The van der Waals surface area contributed by atoms with Gasteiger partial charge in [0.1, 0.15) is 11.5 Å². The van der Waals surface area contributed by atoms with Gasteiger partial charge in [0.05, 0.1) is 31.7 Å². The molecule has 0 bridgehead atoms. The summed E-state index contributed by atoms with van der Waals surface area (Å²) in [4.78, 5) is 14.5. The van der Waals surface area contributed by atoms with E-state index in [0.29, 0.717) is 30.4 Å². The van der Waals surface area contributed by atoms with Crippen molar-refractivity contribution in [3.63, 3.8) is 0 Å². The molecule has 0 aromatic heterocycles. The molecule has 1 aliphatic rings. The number of morpholine rings is 1. The minimum absolute atomic E-state index is 0.0681. The first kappa shape index (κ1) is 18.5. The number of rotatable bonds is 6. The molecule has 1 heterocycles. The third-order valence-electron chi connectivity index (χ3n) is 4.01. The Kier molecular flexibility index (Phi) is 6.35. The molecular weight excluding hydrogens is 400 g/mol. The summed E-state index contributed by atoms with van der Waals surface area (Å²) in [5, 5.41) is 2.93. The van der Waals surface area contributed by atoms with Gasteiger partial charge in [0.25, 0.3) is 5.91 Å². The molecule has 0 atom stereocenters. The smallest absolute Gasteiger partial charge is 0.262 e. The third kappa shape index (κ3) is 4.89. The zero-order valence-corrected chi connectivity index (χ0v) is 16.1. The number of methoxy groups -OCH3 is 1. The summed E-state index contributed by atoms with van der Waals surface area (Å²) in [5.41, 5.74) is 1.65. The Morgan fingerprint density at radius 1 is 1.15 bits per heavy atom. The van der Waals surface area contributed by atoms with Crippen molar-refractivity contribution in [3.8, 4) is 11.5 Å². The number of amides is 1. The second kappa shape index (κ2) is 8.91. The average molecular weight is 421 g/mol. The number of hydrogen-bond acceptors (Lipinski definition) is 5. The molecule has 0 spiro atoms. The van der Waals surface area contributed by atoms with Crippen LogP contribution in [0.5, 0.6) is 11.5 Å². The topological polar surface area (TPSA) is 60.0 Å². The van der Waals surface area contributed by atoms with Crippen LogP contribution in [-0.2, 0) is 9.53 Å². The van der Waals surface area contributed by atoms with E-state index in [1.54, 1.807) is 7.11 Å². The lowest BCUT2D eigenvalue weighted by molar-refractivity contribution is -0.118. The highest BCUT2D eigenvalue weighted by atomic mass is 79.9. The van der Waals surface area contributed by atoms with Gasteiger partial charge in [0, 0.05) is 23.6 Å². The fourth-order valence-corrected chi connectivity index (χ4v) is 2.95. The standard InChI is InChI=1S/C19H21BrN2O4/c1-24-16-6-7-18(22-8-10-25-11-9-22)17(12-16)21-19(23)13-26-15-4-2-14(20)3-5-15/h2-7,12H,8-11,13H2,1H3,(H,21,23). The summed E-state index contributed by atoms with van der Waals surface area (Å²) < 4.78 is 17.2. The highest BCUT2D eigenvalue weighted by Gasteiger charge is 2.17. The molecule has 7 heteroatoms. The van der Waals surface area contributed by atoms with E-state index in [0.717, 1.165) is 23.2 Å². The van der Waals surface area contributed by atoms with Crippen LogP contribution in [0.25, 0.3) is 0 Å². The van der Waals surface area contributed by atoms with Crippen molar-refractivity contribution in [1.29, 1.82) is 0 Å². The Balaban J connectivity index is 1.68. The number of carbonyl (C=O) groups excluding carboxylic acids is 1. The molecule has 3 rings (SSSR count). The summed E-state index contributed by atoms with van der Waals surface area (Å²) in [5.74, 6) is 1.10. The first-order chi connectivity index (χ1) is 12.7. The predicted molar refractivity (Wildman–Crippen MR) is 104 cm³/mol. The van der Waals surface area contributed by atoms with E-state index in [1.165, 1.54) is 0 Å². The normalized spacial score (nSPS) is 14.0. The Bertz CT molecular complexity index is 746. The third-order valence-corrected chi connectivity index (χ3v) is 4.54. The number of carbonyl (C=O) groups is 1. The van der Waals surface area contributed by atoms with Gasteiger partial charge in [-0.05, 0) is 36.4 Å². The summed E-state index contributed by atoms with van der Waals surface area (Å²) >= 11 is 3.37. The molecule has 0 aliphatic carbocycles. The highest BCUT2D eigenvalue weighted by Crippen LogP contribution is 2.31. The number of halogens is 1. The summed E-state index contributed by atoms with van der Waals surface area (Å²) in [6.45, 7) is 2.84. The highest BCUT2D eigenvalue weighted by molar-refractivity contribution is 9.10. The number of nitrogens with zero attached hydrogens (tertiary/aromatic N) is 1. The number of benzene rings is 2. The van der Waals surface area contributed by atoms with Crippen LogP contribution in [0.1, 0.15) is 0 Å². The van der Waals surface area contributed by atoms with Gasteiger partial charge in [0.2, 0.25) is 0 Å². The van der Waals surface area contributed by atoms with Crippen LogP contribution in [-0.4, -0.2) is 45.9 Å². The fraction of sp³-hybridized carbons (Fsp3) is 0.316. The van der Waals surface area contributed by atoms with Crippen molar-refractivity contribution in [2.45, 2.75) is 0 Å². The second-order valence-corrected chi connectivity index (χ2v) is 6.69. The summed E-state index contributed by atoms with van der Waals surface area (Å²) in [6.07, 6.45) is 0. The van der Waals surface area contributed by atoms with Crippen molar-refractivity contribution in [3.05, 3.63) is 46.9 Å². The molecule has 6 nitrogen and oxygen atoms in total. The van der Waals surface area contributed by atoms with Crippen LogP contribution in [0.2, 0.25) is 0 Å². The monoisotopic (exact) mass is 420 g/mol. The maximum Gasteiger partial charge on any atom is 0.262 e. The number of nitrogens with one attached hydrogen (secondary N) is 1. The maximum atomic E-state index is 12.4. The van der Waals surface area contributed by atoms with E-state index < -0.39 is 0 Å². The molecule has 1 N–H and O–H groups in total.